The summed E-state index contributed by atoms with van der Waals surface area (Å²) in [5.74, 6) is 0.971. The van der Waals surface area contributed by atoms with Crippen LogP contribution in [-0.4, -0.2) is 28.2 Å². The van der Waals surface area contributed by atoms with Gasteiger partial charge in [-0.05, 0) is 6.42 Å². The normalized spacial score (nSPS) is 10.5. The lowest BCUT2D eigenvalue weighted by Crippen LogP contribution is -1.90. The summed E-state index contributed by atoms with van der Waals surface area (Å²) in [5.41, 5.74) is 0. The average Bonchev–Trinajstić information content (AvgIpc) is 2.46. The van der Waals surface area contributed by atoms with Crippen molar-refractivity contribution in [2.45, 2.75) is 11.4 Å². The van der Waals surface area contributed by atoms with Crippen LogP contribution in [0.25, 0.3) is 0 Å². The van der Waals surface area contributed by atoms with Crippen molar-refractivity contribution < 1.29 is 4.74 Å². The fraction of sp³-hybridized carbons (Fsp3) is 0.667. The van der Waals surface area contributed by atoms with Gasteiger partial charge in [0.1, 0.15) is 5.03 Å². The number of ether oxygens (including phenoxy) is 1. The van der Waals surface area contributed by atoms with E-state index in [0.717, 1.165) is 35.5 Å². The summed E-state index contributed by atoms with van der Waals surface area (Å²) in [6.07, 6.45) is 1.01. The summed E-state index contributed by atoms with van der Waals surface area (Å²) in [4.78, 5) is 0. The first-order chi connectivity index (χ1) is 5.84. The zero-order chi connectivity index (χ0) is 8.81. The fourth-order valence-corrected chi connectivity index (χ4v) is 2.33. The van der Waals surface area contributed by atoms with Crippen LogP contribution in [0.2, 0.25) is 5.15 Å². The third-order valence-electron chi connectivity index (χ3n) is 1.15. The van der Waals surface area contributed by atoms with Crippen molar-refractivity contribution >= 4 is 35.1 Å². The molecule has 1 heterocycles. The van der Waals surface area contributed by atoms with Gasteiger partial charge in [0.2, 0.25) is 0 Å². The van der Waals surface area contributed by atoms with E-state index in [1.165, 1.54) is 0 Å². The van der Waals surface area contributed by atoms with E-state index in [9.17, 15) is 0 Å². The lowest BCUT2D eigenvalue weighted by molar-refractivity contribution is 0.200. The van der Waals surface area contributed by atoms with Gasteiger partial charge in [0.25, 0.3) is 0 Å². The number of aromatic nitrogens is 2. The minimum atomic E-state index is 0.516. The van der Waals surface area contributed by atoms with Crippen molar-refractivity contribution in [3.63, 3.8) is 0 Å². The summed E-state index contributed by atoms with van der Waals surface area (Å²) in [5, 5.41) is 1.35. The minimum Gasteiger partial charge on any atom is -0.385 e. The van der Waals surface area contributed by atoms with E-state index < -0.39 is 0 Å². The monoisotopic (exact) mass is 224 g/mol. The number of methoxy groups -OCH3 is 1. The third-order valence-corrected chi connectivity index (χ3v) is 3.32. The molecule has 1 aromatic heterocycles. The molecule has 3 nitrogen and oxygen atoms in total. The predicted octanol–water partition coefficient (Wildman–Crippen LogP) is 2.32. The first kappa shape index (κ1) is 10.2. The van der Waals surface area contributed by atoms with Crippen molar-refractivity contribution in [3.05, 3.63) is 5.15 Å². The van der Waals surface area contributed by atoms with Crippen LogP contribution in [0.15, 0.2) is 5.03 Å². The highest BCUT2D eigenvalue weighted by Crippen LogP contribution is 2.24. The van der Waals surface area contributed by atoms with Crippen LogP contribution in [0.5, 0.6) is 0 Å². The van der Waals surface area contributed by atoms with E-state index in [1.807, 2.05) is 0 Å². The Morgan fingerprint density at radius 1 is 1.58 bits per heavy atom. The molecule has 0 spiro atoms. The Morgan fingerprint density at radius 3 is 3.00 bits per heavy atom. The third kappa shape index (κ3) is 3.26. The van der Waals surface area contributed by atoms with Gasteiger partial charge in [0.15, 0.2) is 5.15 Å². The van der Waals surface area contributed by atoms with Gasteiger partial charge in [0, 0.05) is 19.5 Å². The summed E-state index contributed by atoms with van der Waals surface area (Å²) >= 11 is 8.50. The zero-order valence-electron chi connectivity index (χ0n) is 6.62. The van der Waals surface area contributed by atoms with Gasteiger partial charge in [-0.2, -0.15) is 8.75 Å². The fourth-order valence-electron chi connectivity index (χ4n) is 0.628. The quantitative estimate of drug-likeness (QED) is 0.568. The zero-order valence-corrected chi connectivity index (χ0v) is 9.01. The molecule has 12 heavy (non-hydrogen) atoms. The molecule has 0 radical (unpaired) electrons. The van der Waals surface area contributed by atoms with Gasteiger partial charge in [-0.1, -0.05) is 11.6 Å². The van der Waals surface area contributed by atoms with Crippen LogP contribution in [-0.2, 0) is 4.74 Å². The summed E-state index contributed by atoms with van der Waals surface area (Å²) in [7, 11) is 1.70. The standard InChI is InChI=1S/C6H9ClN2OS2/c1-10-3-2-4-11-6-5(7)8-12-9-6/h2-4H2,1H3. The first-order valence-corrected chi connectivity index (χ1v) is 5.53. The largest absolute Gasteiger partial charge is 0.385 e. The maximum absolute atomic E-state index is 5.74. The smallest absolute Gasteiger partial charge is 0.176 e. The van der Waals surface area contributed by atoms with E-state index in [1.54, 1.807) is 18.9 Å². The van der Waals surface area contributed by atoms with Crippen molar-refractivity contribution in [3.8, 4) is 0 Å². The Kier molecular flexibility index (Phi) is 4.90. The van der Waals surface area contributed by atoms with Crippen molar-refractivity contribution in [1.29, 1.82) is 0 Å². The predicted molar refractivity (Wildman–Crippen MR) is 52.1 cm³/mol. The molecule has 0 atom stereocenters. The van der Waals surface area contributed by atoms with Gasteiger partial charge in [0.05, 0.1) is 11.7 Å². The summed E-state index contributed by atoms with van der Waals surface area (Å²) in [6, 6.07) is 0. The summed E-state index contributed by atoms with van der Waals surface area (Å²) < 4.78 is 12.8. The van der Waals surface area contributed by atoms with Gasteiger partial charge in [-0.3, -0.25) is 0 Å². The van der Waals surface area contributed by atoms with Gasteiger partial charge in [-0.25, -0.2) is 0 Å². The maximum Gasteiger partial charge on any atom is 0.176 e. The molecule has 0 amide bonds. The van der Waals surface area contributed by atoms with Gasteiger partial charge in [-0.15, -0.1) is 11.8 Å². The molecule has 0 saturated carbocycles. The molecule has 0 aliphatic carbocycles. The Labute approximate surface area is 84.8 Å². The molecular formula is C6H9ClN2OS2. The maximum atomic E-state index is 5.74. The SMILES string of the molecule is COCCCSc1nsnc1Cl. The average molecular weight is 225 g/mol. The van der Waals surface area contributed by atoms with Crippen molar-refractivity contribution in [2.24, 2.45) is 0 Å². The highest BCUT2D eigenvalue weighted by atomic mass is 35.5. The van der Waals surface area contributed by atoms with Crippen molar-refractivity contribution in [1.82, 2.24) is 8.75 Å². The van der Waals surface area contributed by atoms with Crippen LogP contribution >= 0.6 is 35.1 Å². The molecule has 0 unspecified atom stereocenters. The second-order valence-electron chi connectivity index (χ2n) is 2.06. The molecule has 1 rings (SSSR count). The van der Waals surface area contributed by atoms with Crippen molar-refractivity contribution in [2.75, 3.05) is 19.5 Å². The molecule has 1 aromatic rings. The molecule has 6 heteroatoms. The second-order valence-corrected chi connectivity index (χ2v) is 4.03. The number of thioether (sulfide) groups is 1. The molecule has 0 saturated heterocycles. The van der Waals surface area contributed by atoms with Crippen LogP contribution in [0, 0.1) is 0 Å². The Morgan fingerprint density at radius 2 is 2.42 bits per heavy atom. The number of hydrogen-bond donors (Lipinski definition) is 0. The molecule has 0 bridgehead atoms. The molecule has 0 fully saturated rings. The van der Waals surface area contributed by atoms with E-state index in [4.69, 9.17) is 16.3 Å². The summed E-state index contributed by atoms with van der Waals surface area (Å²) in [6.45, 7) is 0.780. The van der Waals surface area contributed by atoms with E-state index in [-0.39, 0.29) is 0 Å². The molecule has 0 aromatic carbocycles. The Bertz CT molecular complexity index is 231. The van der Waals surface area contributed by atoms with Crippen LogP contribution < -0.4 is 0 Å². The molecular weight excluding hydrogens is 216 g/mol. The lowest BCUT2D eigenvalue weighted by atomic mass is 10.5. The number of rotatable bonds is 5. The van der Waals surface area contributed by atoms with Gasteiger partial charge < -0.3 is 4.74 Å². The second kappa shape index (κ2) is 5.75. The van der Waals surface area contributed by atoms with E-state index in [2.05, 4.69) is 8.75 Å². The van der Waals surface area contributed by atoms with Crippen LogP contribution in [0.1, 0.15) is 6.42 Å². The van der Waals surface area contributed by atoms with E-state index >= 15 is 0 Å². The molecule has 0 aliphatic heterocycles. The number of nitrogens with zero attached hydrogens (tertiary/aromatic N) is 2. The van der Waals surface area contributed by atoms with E-state index in [0.29, 0.717) is 5.15 Å². The molecule has 68 valence electrons. The Balaban J connectivity index is 2.20. The number of halogens is 1. The van der Waals surface area contributed by atoms with Gasteiger partial charge >= 0.3 is 0 Å². The van der Waals surface area contributed by atoms with Crippen LogP contribution in [0.4, 0.5) is 0 Å². The number of hydrogen-bond acceptors (Lipinski definition) is 5. The highest BCUT2D eigenvalue weighted by molar-refractivity contribution is 7.99. The topological polar surface area (TPSA) is 35.0 Å². The highest BCUT2D eigenvalue weighted by Gasteiger charge is 2.04. The Hall–Kier alpha value is 0.160. The lowest BCUT2D eigenvalue weighted by Gasteiger charge is -1.96. The first-order valence-electron chi connectivity index (χ1n) is 3.44. The molecule has 0 aliphatic rings. The van der Waals surface area contributed by atoms with Crippen LogP contribution in [0.3, 0.4) is 0 Å². The molecule has 0 N–H and O–H groups in total. The minimum absolute atomic E-state index is 0.516.